The van der Waals surface area contributed by atoms with E-state index in [2.05, 4.69) is 20.2 Å². The average Bonchev–Trinajstić information content (AvgIpc) is 2.43. The molecule has 0 radical (unpaired) electrons. The van der Waals surface area contributed by atoms with Crippen LogP contribution in [0.4, 0.5) is 10.3 Å². The zero-order chi connectivity index (χ0) is 11.2. The molecule has 0 saturated carbocycles. The number of aromatic nitrogens is 2. The molecule has 17 heavy (non-hydrogen) atoms. The van der Waals surface area contributed by atoms with Crippen LogP contribution in [0.15, 0.2) is 12.4 Å². The summed E-state index contributed by atoms with van der Waals surface area (Å²) in [6.45, 7) is 3.85. The van der Waals surface area contributed by atoms with E-state index in [1.807, 2.05) is 0 Å². The van der Waals surface area contributed by atoms with Gasteiger partial charge in [0.1, 0.15) is 0 Å². The zero-order valence-corrected chi connectivity index (χ0v) is 9.82. The molecule has 1 aromatic rings. The minimum atomic E-state index is -0.383. The topological polar surface area (TPSA) is 72.6 Å². The van der Waals surface area contributed by atoms with Gasteiger partial charge in [0, 0.05) is 19.6 Å². The van der Waals surface area contributed by atoms with Gasteiger partial charge >= 0.3 is 0 Å². The summed E-state index contributed by atoms with van der Waals surface area (Å²) in [4.78, 5) is 10.1. The third-order valence-corrected chi connectivity index (χ3v) is 2.73. The fraction of sp³-hybridized carbons (Fsp3) is 0.636. The lowest BCUT2D eigenvalue weighted by Crippen LogP contribution is -2.33. The molecule has 0 aromatic carbocycles. The highest BCUT2D eigenvalue weighted by Crippen LogP contribution is 2.09. The Morgan fingerprint density at radius 1 is 1.06 bits per heavy atom. The van der Waals surface area contributed by atoms with Crippen molar-refractivity contribution in [1.29, 1.82) is 0 Å². The summed E-state index contributed by atoms with van der Waals surface area (Å²) < 4.78 is 12.7. The van der Waals surface area contributed by atoms with Crippen LogP contribution >= 0.6 is 0 Å². The van der Waals surface area contributed by atoms with Gasteiger partial charge in [0.15, 0.2) is 5.82 Å². The van der Waals surface area contributed by atoms with Crippen LogP contribution in [0.5, 0.6) is 0 Å². The zero-order valence-electron chi connectivity index (χ0n) is 9.82. The molecule has 2 rings (SSSR count). The summed E-state index contributed by atoms with van der Waals surface area (Å²) in [5.41, 5.74) is 0. The Morgan fingerprint density at radius 2 is 1.82 bits per heavy atom. The van der Waals surface area contributed by atoms with E-state index in [0.29, 0.717) is 5.95 Å². The smallest absolute Gasteiger partial charge is 0.225 e. The molecule has 96 valence electrons. The molecule has 2 heterocycles. The molecule has 0 amide bonds. The second kappa shape index (κ2) is 7.13. The molecule has 0 atom stereocenters. The lowest BCUT2D eigenvalue weighted by Gasteiger charge is -2.21. The SMILES string of the molecule is Fc1cnc(N2CCCCCNCC2)nc1.O. The van der Waals surface area contributed by atoms with Gasteiger partial charge in [-0.25, -0.2) is 14.4 Å². The van der Waals surface area contributed by atoms with Crippen molar-refractivity contribution in [1.82, 2.24) is 15.3 Å². The molecule has 5 nitrogen and oxygen atoms in total. The van der Waals surface area contributed by atoms with Crippen LogP contribution in [-0.2, 0) is 0 Å². The summed E-state index contributed by atoms with van der Waals surface area (Å²) in [5.74, 6) is 0.247. The van der Waals surface area contributed by atoms with Crippen molar-refractivity contribution in [2.45, 2.75) is 19.3 Å². The predicted molar refractivity (Wildman–Crippen MR) is 64.5 cm³/mol. The van der Waals surface area contributed by atoms with Crippen LogP contribution in [0.2, 0.25) is 0 Å². The molecule has 1 aromatic heterocycles. The minimum absolute atomic E-state index is 0. The van der Waals surface area contributed by atoms with Crippen molar-refractivity contribution in [3.8, 4) is 0 Å². The average molecular weight is 242 g/mol. The first-order valence-electron chi connectivity index (χ1n) is 5.79. The number of nitrogens with zero attached hydrogens (tertiary/aromatic N) is 3. The molecule has 1 aliphatic heterocycles. The number of hydrogen-bond acceptors (Lipinski definition) is 4. The normalized spacial score (nSPS) is 17.6. The van der Waals surface area contributed by atoms with Crippen molar-refractivity contribution in [3.63, 3.8) is 0 Å². The van der Waals surface area contributed by atoms with E-state index in [1.165, 1.54) is 25.2 Å². The standard InChI is InChI=1S/C11H17FN4.H2O/c12-10-8-14-11(15-9-10)16-6-3-1-2-4-13-5-7-16;/h8-9,13H,1-7H2;1H2. The Kier molecular flexibility index (Phi) is 5.79. The van der Waals surface area contributed by atoms with Gasteiger partial charge in [0.25, 0.3) is 0 Å². The molecule has 6 heteroatoms. The van der Waals surface area contributed by atoms with E-state index < -0.39 is 0 Å². The lowest BCUT2D eigenvalue weighted by atomic mass is 10.2. The highest BCUT2D eigenvalue weighted by atomic mass is 19.1. The number of anilines is 1. The van der Waals surface area contributed by atoms with Crippen molar-refractivity contribution in [2.75, 3.05) is 31.1 Å². The van der Waals surface area contributed by atoms with Crippen LogP contribution in [0.3, 0.4) is 0 Å². The van der Waals surface area contributed by atoms with Crippen LogP contribution in [0, 0.1) is 5.82 Å². The van der Waals surface area contributed by atoms with Crippen molar-refractivity contribution in [2.24, 2.45) is 0 Å². The summed E-state index contributed by atoms with van der Waals surface area (Å²) in [7, 11) is 0. The van der Waals surface area contributed by atoms with Crippen LogP contribution < -0.4 is 10.2 Å². The van der Waals surface area contributed by atoms with Crippen LogP contribution in [0.25, 0.3) is 0 Å². The van der Waals surface area contributed by atoms with Crippen LogP contribution in [0.1, 0.15) is 19.3 Å². The van der Waals surface area contributed by atoms with Crippen molar-refractivity contribution >= 4 is 5.95 Å². The first kappa shape index (κ1) is 13.8. The first-order valence-corrected chi connectivity index (χ1v) is 5.79. The molecular weight excluding hydrogens is 223 g/mol. The second-order valence-corrected chi connectivity index (χ2v) is 4.00. The molecule has 0 unspecified atom stereocenters. The Hall–Kier alpha value is -1.27. The molecule has 1 saturated heterocycles. The van der Waals surface area contributed by atoms with E-state index in [-0.39, 0.29) is 11.3 Å². The lowest BCUT2D eigenvalue weighted by molar-refractivity contribution is 0.608. The maximum absolute atomic E-state index is 12.7. The summed E-state index contributed by atoms with van der Waals surface area (Å²) in [6, 6.07) is 0. The van der Waals surface area contributed by atoms with Crippen molar-refractivity contribution in [3.05, 3.63) is 18.2 Å². The van der Waals surface area contributed by atoms with Gasteiger partial charge < -0.3 is 15.7 Å². The molecular formula is C11H19FN4O. The van der Waals surface area contributed by atoms with Crippen LogP contribution in [-0.4, -0.2) is 41.6 Å². The summed E-state index contributed by atoms with van der Waals surface area (Å²) >= 11 is 0. The summed E-state index contributed by atoms with van der Waals surface area (Å²) in [5, 5.41) is 3.37. The minimum Gasteiger partial charge on any atom is -0.412 e. The first-order chi connectivity index (χ1) is 7.86. The highest BCUT2D eigenvalue weighted by Gasteiger charge is 2.10. The van der Waals surface area contributed by atoms with Gasteiger partial charge in [0.05, 0.1) is 12.4 Å². The van der Waals surface area contributed by atoms with E-state index >= 15 is 0 Å². The van der Waals surface area contributed by atoms with Gasteiger partial charge in [-0.05, 0) is 19.4 Å². The Balaban J connectivity index is 0.00000144. The maximum Gasteiger partial charge on any atom is 0.225 e. The quantitative estimate of drug-likeness (QED) is 0.772. The number of halogens is 1. The highest BCUT2D eigenvalue weighted by molar-refractivity contribution is 5.28. The van der Waals surface area contributed by atoms with Gasteiger partial charge in [-0.2, -0.15) is 0 Å². The van der Waals surface area contributed by atoms with Gasteiger partial charge in [-0.3, -0.25) is 0 Å². The third kappa shape index (κ3) is 4.24. The second-order valence-electron chi connectivity index (χ2n) is 4.00. The fourth-order valence-electron chi connectivity index (χ4n) is 1.85. The molecule has 0 spiro atoms. The largest absolute Gasteiger partial charge is 0.412 e. The summed E-state index contributed by atoms with van der Waals surface area (Å²) in [6.07, 6.45) is 6.02. The molecule has 3 N–H and O–H groups in total. The number of hydrogen-bond donors (Lipinski definition) is 1. The van der Waals surface area contributed by atoms with Gasteiger partial charge in [-0.1, -0.05) is 6.42 Å². The van der Waals surface area contributed by atoms with Gasteiger partial charge in [0.2, 0.25) is 5.95 Å². The molecule has 0 aliphatic carbocycles. The number of nitrogens with one attached hydrogen (secondary N) is 1. The van der Waals surface area contributed by atoms with E-state index in [9.17, 15) is 4.39 Å². The molecule has 0 bridgehead atoms. The predicted octanol–water partition coefficient (Wildman–Crippen LogP) is 0.371. The Bertz CT molecular complexity index is 310. The molecule has 1 fully saturated rings. The monoisotopic (exact) mass is 242 g/mol. The molecule has 1 aliphatic rings. The Morgan fingerprint density at radius 3 is 2.59 bits per heavy atom. The fourth-order valence-corrected chi connectivity index (χ4v) is 1.85. The van der Waals surface area contributed by atoms with E-state index in [1.54, 1.807) is 0 Å². The third-order valence-electron chi connectivity index (χ3n) is 2.73. The van der Waals surface area contributed by atoms with Crippen molar-refractivity contribution < 1.29 is 9.87 Å². The number of rotatable bonds is 1. The van der Waals surface area contributed by atoms with E-state index in [4.69, 9.17) is 0 Å². The van der Waals surface area contributed by atoms with Gasteiger partial charge in [-0.15, -0.1) is 0 Å². The Labute approximate surface area is 100 Å². The maximum atomic E-state index is 12.7. The van der Waals surface area contributed by atoms with E-state index in [0.717, 1.165) is 32.6 Å².